The molecule has 26 heavy (non-hydrogen) atoms. The van der Waals surface area contributed by atoms with Gasteiger partial charge in [0.2, 0.25) is 0 Å². The van der Waals surface area contributed by atoms with Crippen molar-refractivity contribution in [2.24, 2.45) is 22.7 Å². The van der Waals surface area contributed by atoms with Gasteiger partial charge in [0, 0.05) is 16.4 Å². The van der Waals surface area contributed by atoms with E-state index in [2.05, 4.69) is 26.8 Å². The summed E-state index contributed by atoms with van der Waals surface area (Å²) in [6.07, 6.45) is 6.88. The summed E-state index contributed by atoms with van der Waals surface area (Å²) in [6, 6.07) is 0. The Bertz CT molecular complexity index is 622. The van der Waals surface area contributed by atoms with Crippen molar-refractivity contribution in [2.75, 3.05) is 7.11 Å². The van der Waals surface area contributed by atoms with Gasteiger partial charge in [-0.05, 0) is 50.9 Å². The first-order chi connectivity index (χ1) is 12.1. The van der Waals surface area contributed by atoms with Crippen LogP contribution in [0.5, 0.6) is 0 Å². The van der Waals surface area contributed by atoms with Gasteiger partial charge in [0.05, 0.1) is 19.1 Å². The summed E-state index contributed by atoms with van der Waals surface area (Å²) in [5.74, 6) is -1.17. The number of carbonyl (C=O) groups excluding carboxylic acids is 2. The van der Waals surface area contributed by atoms with Gasteiger partial charge in [-0.15, -0.1) is 11.6 Å². The van der Waals surface area contributed by atoms with E-state index in [0.717, 1.165) is 19.1 Å². The summed E-state index contributed by atoms with van der Waals surface area (Å²) in [7, 11) is 1.31. The Morgan fingerprint density at radius 2 is 2.08 bits per heavy atom. The molecule has 1 saturated carbocycles. The molecule has 0 aromatic heterocycles. The zero-order valence-corrected chi connectivity index (χ0v) is 17.2. The molecule has 0 aliphatic heterocycles. The Hall–Kier alpha value is -1.13. The third kappa shape index (κ3) is 3.38. The number of aliphatic hydroxyl groups is 1. The summed E-state index contributed by atoms with van der Waals surface area (Å²) in [5, 5.41) is 10.7. The normalized spacial score (nSPS) is 39.4. The number of carbonyl (C=O) groups is 2. The lowest BCUT2D eigenvalue weighted by atomic mass is 9.46. The van der Waals surface area contributed by atoms with E-state index in [1.165, 1.54) is 12.7 Å². The summed E-state index contributed by atoms with van der Waals surface area (Å²) in [4.78, 5) is 24.2. The first-order valence-electron chi connectivity index (χ1n) is 9.32. The molecular formula is C21H31ClO4. The van der Waals surface area contributed by atoms with Crippen LogP contribution in [0.4, 0.5) is 0 Å². The second kappa shape index (κ2) is 7.85. The number of methoxy groups -OCH3 is 1. The molecule has 0 spiro atoms. The molecule has 0 heterocycles. The summed E-state index contributed by atoms with van der Waals surface area (Å²) in [5.41, 5.74) is 0.659. The van der Waals surface area contributed by atoms with E-state index in [4.69, 9.17) is 16.3 Å². The fraction of sp³-hybridized carbons (Fsp3) is 0.714. The highest BCUT2D eigenvalue weighted by molar-refractivity contribution is 6.21. The first-order valence-corrected chi connectivity index (χ1v) is 9.75. The molecule has 0 saturated heterocycles. The molecule has 5 heteroatoms. The van der Waals surface area contributed by atoms with Crippen LogP contribution in [-0.2, 0) is 14.3 Å². The molecule has 0 radical (unpaired) electrons. The summed E-state index contributed by atoms with van der Waals surface area (Å²) < 4.78 is 4.86. The fourth-order valence-corrected chi connectivity index (χ4v) is 5.51. The van der Waals surface area contributed by atoms with Gasteiger partial charge in [-0.1, -0.05) is 31.6 Å². The van der Waals surface area contributed by atoms with Gasteiger partial charge in [0.25, 0.3) is 0 Å². The van der Waals surface area contributed by atoms with E-state index in [1.54, 1.807) is 0 Å². The minimum atomic E-state index is -0.741. The molecule has 4 nitrogen and oxygen atoms in total. The van der Waals surface area contributed by atoms with Crippen molar-refractivity contribution in [1.82, 2.24) is 0 Å². The second-order valence-electron chi connectivity index (χ2n) is 8.46. The Kier molecular flexibility index (Phi) is 6.40. The van der Waals surface area contributed by atoms with Crippen molar-refractivity contribution in [3.63, 3.8) is 0 Å². The lowest BCUT2D eigenvalue weighted by molar-refractivity contribution is -0.153. The molecule has 2 aliphatic rings. The molecule has 2 aliphatic carbocycles. The Labute approximate surface area is 161 Å². The maximum atomic E-state index is 12.2. The summed E-state index contributed by atoms with van der Waals surface area (Å²) in [6.45, 7) is 8.24. The number of alkyl halides is 1. The van der Waals surface area contributed by atoms with Crippen LogP contribution in [0.3, 0.4) is 0 Å². The van der Waals surface area contributed by atoms with Crippen molar-refractivity contribution in [3.05, 3.63) is 23.3 Å². The highest BCUT2D eigenvalue weighted by atomic mass is 35.5. The smallest absolute Gasteiger partial charge is 0.334 e. The molecule has 0 aromatic carbocycles. The lowest BCUT2D eigenvalue weighted by Gasteiger charge is -2.60. The molecule has 0 bridgehead atoms. The van der Waals surface area contributed by atoms with E-state index in [1.807, 2.05) is 13.0 Å². The summed E-state index contributed by atoms with van der Waals surface area (Å²) >= 11 is 6.75. The van der Waals surface area contributed by atoms with Gasteiger partial charge >= 0.3 is 5.97 Å². The number of ether oxygens (including phenoxy) is 1. The van der Waals surface area contributed by atoms with Crippen LogP contribution in [0, 0.1) is 22.7 Å². The average molecular weight is 383 g/mol. The van der Waals surface area contributed by atoms with Crippen LogP contribution in [-0.4, -0.2) is 36.0 Å². The van der Waals surface area contributed by atoms with Crippen molar-refractivity contribution >= 4 is 23.9 Å². The predicted molar refractivity (Wildman–Crippen MR) is 103 cm³/mol. The number of allylic oxidation sites excluding steroid dienone is 3. The highest BCUT2D eigenvalue weighted by Crippen LogP contribution is 2.62. The lowest BCUT2D eigenvalue weighted by Crippen LogP contribution is -2.61. The molecule has 6 unspecified atom stereocenters. The molecule has 0 aromatic rings. The molecule has 2 rings (SSSR count). The number of hydrogen-bond acceptors (Lipinski definition) is 4. The van der Waals surface area contributed by atoms with Gasteiger partial charge in [0.15, 0.2) is 0 Å². The van der Waals surface area contributed by atoms with Crippen LogP contribution >= 0.6 is 11.6 Å². The molecule has 1 fully saturated rings. The minimum Gasteiger partial charge on any atom is -0.466 e. The van der Waals surface area contributed by atoms with Crippen molar-refractivity contribution < 1.29 is 19.4 Å². The highest BCUT2D eigenvalue weighted by Gasteiger charge is 2.61. The number of fused-ring (bicyclic) bond motifs is 1. The number of aldehydes is 1. The van der Waals surface area contributed by atoms with Crippen LogP contribution in [0.2, 0.25) is 0 Å². The molecule has 0 amide bonds. The van der Waals surface area contributed by atoms with Crippen molar-refractivity contribution in [2.45, 2.75) is 64.9 Å². The van der Waals surface area contributed by atoms with Crippen LogP contribution in [0.15, 0.2) is 23.3 Å². The topological polar surface area (TPSA) is 63.6 Å². The van der Waals surface area contributed by atoms with E-state index < -0.39 is 23.4 Å². The van der Waals surface area contributed by atoms with E-state index in [9.17, 15) is 14.7 Å². The molecule has 1 N–H and O–H groups in total. The monoisotopic (exact) mass is 382 g/mol. The fourth-order valence-electron chi connectivity index (χ4n) is 5.08. The predicted octanol–water partition coefficient (Wildman–Crippen LogP) is 4.05. The first kappa shape index (κ1) is 21.2. The van der Waals surface area contributed by atoms with Gasteiger partial charge in [0.1, 0.15) is 6.29 Å². The number of esters is 1. The van der Waals surface area contributed by atoms with Crippen molar-refractivity contribution in [3.8, 4) is 0 Å². The maximum Gasteiger partial charge on any atom is 0.334 e. The zero-order chi connectivity index (χ0) is 19.7. The van der Waals surface area contributed by atoms with Crippen LogP contribution in [0.1, 0.15) is 53.4 Å². The maximum absolute atomic E-state index is 12.2. The Balaban J connectivity index is 2.48. The number of aliphatic hydroxyl groups excluding tert-OH is 1. The average Bonchev–Trinajstić information content (AvgIpc) is 2.58. The van der Waals surface area contributed by atoms with Gasteiger partial charge in [-0.2, -0.15) is 0 Å². The molecule has 146 valence electrons. The third-order valence-electron chi connectivity index (χ3n) is 6.78. The number of rotatable bonds is 5. The quantitative estimate of drug-likeness (QED) is 0.337. The zero-order valence-electron chi connectivity index (χ0n) is 16.4. The van der Waals surface area contributed by atoms with Gasteiger partial charge in [-0.25, -0.2) is 4.79 Å². The van der Waals surface area contributed by atoms with Gasteiger partial charge < -0.3 is 14.6 Å². The molecular weight excluding hydrogens is 352 g/mol. The second-order valence-corrected chi connectivity index (χ2v) is 8.99. The van der Waals surface area contributed by atoms with E-state index in [0.29, 0.717) is 18.4 Å². The number of halogens is 1. The minimum absolute atomic E-state index is 0.00965. The van der Waals surface area contributed by atoms with Gasteiger partial charge in [-0.3, -0.25) is 0 Å². The van der Waals surface area contributed by atoms with Crippen molar-refractivity contribution in [1.29, 1.82) is 0 Å². The largest absolute Gasteiger partial charge is 0.466 e. The third-order valence-corrected chi connectivity index (χ3v) is 7.46. The van der Waals surface area contributed by atoms with Crippen LogP contribution < -0.4 is 0 Å². The Morgan fingerprint density at radius 1 is 1.42 bits per heavy atom. The Morgan fingerprint density at radius 3 is 2.62 bits per heavy atom. The van der Waals surface area contributed by atoms with E-state index in [-0.39, 0.29) is 16.7 Å². The standard InChI is InChI=1S/C21H31ClO4/c1-13(2)7-6-10-20(3)16-9-8-14(19(25)26-5)15(12-23)21(16,4)18(24)11-17(20)22/h7-8,12,15-18,24H,6,9-11H2,1-5H3. The van der Waals surface area contributed by atoms with E-state index >= 15 is 0 Å². The number of hydrogen-bond donors (Lipinski definition) is 1. The SMILES string of the molecule is COC(=O)C1=CCC2C(C)(CCC=C(C)C)C(Cl)CC(O)C2(C)C1C=O. The van der Waals surface area contributed by atoms with Crippen LogP contribution in [0.25, 0.3) is 0 Å². The molecule has 6 atom stereocenters.